The van der Waals surface area contributed by atoms with E-state index in [-0.39, 0.29) is 23.3 Å². The highest BCUT2D eigenvalue weighted by atomic mass is 16.6. The normalized spacial score (nSPS) is 13.8. The Morgan fingerprint density at radius 2 is 2.24 bits per heavy atom. The average molecular weight is 293 g/mol. The Morgan fingerprint density at radius 1 is 1.52 bits per heavy atom. The van der Waals surface area contributed by atoms with Crippen molar-refractivity contribution in [3.05, 3.63) is 33.9 Å². The lowest BCUT2D eigenvalue weighted by atomic mass is 10.1. The molecule has 7 heteroatoms. The summed E-state index contributed by atoms with van der Waals surface area (Å²) in [5.74, 6) is -0.192. The molecule has 1 N–H and O–H groups in total. The second-order valence-electron chi connectivity index (χ2n) is 4.93. The van der Waals surface area contributed by atoms with E-state index in [0.717, 1.165) is 12.8 Å². The number of amides is 1. The molecule has 1 aliphatic carbocycles. The van der Waals surface area contributed by atoms with E-state index in [4.69, 9.17) is 4.74 Å². The van der Waals surface area contributed by atoms with Crippen molar-refractivity contribution in [2.75, 3.05) is 32.6 Å². The van der Waals surface area contributed by atoms with E-state index in [2.05, 4.69) is 5.32 Å². The maximum absolute atomic E-state index is 12.7. The first kappa shape index (κ1) is 15.2. The molecule has 1 amide bonds. The van der Waals surface area contributed by atoms with Gasteiger partial charge in [-0.25, -0.2) is 0 Å². The van der Waals surface area contributed by atoms with Gasteiger partial charge in [0.15, 0.2) is 0 Å². The minimum atomic E-state index is -0.487. The molecule has 1 saturated carbocycles. The van der Waals surface area contributed by atoms with Crippen molar-refractivity contribution < 1.29 is 14.5 Å². The molecule has 0 heterocycles. The third-order valence-electron chi connectivity index (χ3n) is 3.50. The van der Waals surface area contributed by atoms with Crippen LogP contribution in [0.4, 0.5) is 11.4 Å². The number of nitro benzene ring substituents is 1. The van der Waals surface area contributed by atoms with E-state index < -0.39 is 4.92 Å². The smallest absolute Gasteiger partial charge is 0.293 e. The Bertz CT molecular complexity index is 543. The lowest BCUT2D eigenvalue weighted by Crippen LogP contribution is -2.36. The maximum Gasteiger partial charge on any atom is 0.293 e. The molecular formula is C14H19N3O4. The molecule has 21 heavy (non-hydrogen) atoms. The highest BCUT2D eigenvalue weighted by molar-refractivity contribution is 6.01. The van der Waals surface area contributed by atoms with Gasteiger partial charge in [-0.2, -0.15) is 0 Å². The van der Waals surface area contributed by atoms with Crippen LogP contribution >= 0.6 is 0 Å². The van der Waals surface area contributed by atoms with E-state index in [1.165, 1.54) is 12.1 Å². The van der Waals surface area contributed by atoms with Gasteiger partial charge in [0.25, 0.3) is 11.6 Å². The molecular weight excluding hydrogens is 274 g/mol. The van der Waals surface area contributed by atoms with Crippen molar-refractivity contribution in [2.45, 2.75) is 18.9 Å². The summed E-state index contributed by atoms with van der Waals surface area (Å²) >= 11 is 0. The van der Waals surface area contributed by atoms with Gasteiger partial charge in [-0.15, -0.1) is 0 Å². The molecule has 7 nitrogen and oxygen atoms in total. The number of para-hydroxylation sites is 1. The number of nitrogens with zero attached hydrogens (tertiary/aromatic N) is 2. The second kappa shape index (κ2) is 6.53. The van der Waals surface area contributed by atoms with Crippen molar-refractivity contribution in [1.82, 2.24) is 4.90 Å². The van der Waals surface area contributed by atoms with Crippen LogP contribution in [0.2, 0.25) is 0 Å². The number of carbonyl (C=O) groups excluding carboxylic acids is 1. The molecule has 1 aliphatic rings. The zero-order valence-electron chi connectivity index (χ0n) is 12.2. The Hall–Kier alpha value is -2.15. The molecule has 1 aromatic carbocycles. The van der Waals surface area contributed by atoms with E-state index in [9.17, 15) is 14.9 Å². The number of hydrogen-bond donors (Lipinski definition) is 1. The van der Waals surface area contributed by atoms with Gasteiger partial charge in [-0.3, -0.25) is 14.9 Å². The second-order valence-corrected chi connectivity index (χ2v) is 4.93. The van der Waals surface area contributed by atoms with Crippen LogP contribution in [-0.4, -0.2) is 49.1 Å². The van der Waals surface area contributed by atoms with Crippen molar-refractivity contribution in [2.24, 2.45) is 0 Å². The number of anilines is 1. The summed E-state index contributed by atoms with van der Waals surface area (Å²) in [5.41, 5.74) is 0.496. The van der Waals surface area contributed by atoms with Crippen LogP contribution in [0.15, 0.2) is 18.2 Å². The molecule has 2 rings (SSSR count). The molecule has 1 aromatic rings. The van der Waals surface area contributed by atoms with Crippen LogP contribution in [0.5, 0.6) is 0 Å². The summed E-state index contributed by atoms with van der Waals surface area (Å²) in [6, 6.07) is 4.76. The summed E-state index contributed by atoms with van der Waals surface area (Å²) in [6.45, 7) is 0.942. The number of hydrogen-bond acceptors (Lipinski definition) is 5. The summed E-state index contributed by atoms with van der Waals surface area (Å²) in [4.78, 5) is 25.0. The van der Waals surface area contributed by atoms with E-state index in [1.54, 1.807) is 25.1 Å². The molecule has 1 fully saturated rings. The molecule has 0 atom stereocenters. The summed E-state index contributed by atoms with van der Waals surface area (Å²) in [6.07, 6.45) is 1.94. The van der Waals surface area contributed by atoms with Gasteiger partial charge in [0.1, 0.15) is 5.69 Å². The van der Waals surface area contributed by atoms with Gasteiger partial charge in [0.2, 0.25) is 0 Å². The fourth-order valence-electron chi connectivity index (χ4n) is 2.31. The number of nitro groups is 1. The predicted octanol–water partition coefficient (Wildman–Crippen LogP) is 1.89. The fraction of sp³-hybridized carbons (Fsp3) is 0.500. The molecule has 114 valence electrons. The highest BCUT2D eigenvalue weighted by Crippen LogP contribution is 2.32. The summed E-state index contributed by atoms with van der Waals surface area (Å²) in [7, 11) is 3.16. The number of ether oxygens (including phenoxy) is 1. The van der Waals surface area contributed by atoms with Crippen molar-refractivity contribution in [3.8, 4) is 0 Å². The first-order chi connectivity index (χ1) is 10.1. The van der Waals surface area contributed by atoms with Crippen LogP contribution in [-0.2, 0) is 4.74 Å². The molecule has 0 unspecified atom stereocenters. The Kier molecular flexibility index (Phi) is 4.74. The fourth-order valence-corrected chi connectivity index (χ4v) is 2.31. The largest absolute Gasteiger partial charge is 0.383 e. The lowest BCUT2D eigenvalue weighted by molar-refractivity contribution is -0.384. The summed E-state index contributed by atoms with van der Waals surface area (Å²) in [5, 5.41) is 13.8. The number of benzene rings is 1. The minimum Gasteiger partial charge on any atom is -0.383 e. The van der Waals surface area contributed by atoms with E-state index in [1.807, 2.05) is 0 Å². The monoisotopic (exact) mass is 293 g/mol. The van der Waals surface area contributed by atoms with Gasteiger partial charge in [0, 0.05) is 32.8 Å². The molecule has 0 aliphatic heterocycles. The molecule has 0 bridgehead atoms. The topological polar surface area (TPSA) is 84.7 Å². The maximum atomic E-state index is 12.7. The van der Waals surface area contributed by atoms with Crippen molar-refractivity contribution >= 4 is 17.3 Å². The van der Waals surface area contributed by atoms with Crippen LogP contribution in [0.3, 0.4) is 0 Å². The minimum absolute atomic E-state index is 0.0918. The zero-order chi connectivity index (χ0) is 15.4. The third-order valence-corrected chi connectivity index (χ3v) is 3.50. The average Bonchev–Trinajstić information content (AvgIpc) is 3.31. The standard InChI is InChI=1S/C14H19N3O4/c1-15-13-11(4-3-5-12(13)17(19)20)14(18)16(8-9-21-2)10-6-7-10/h3-5,10,15H,6-9H2,1-2H3. The van der Waals surface area contributed by atoms with E-state index >= 15 is 0 Å². The first-order valence-corrected chi connectivity index (χ1v) is 6.85. The molecule has 0 saturated heterocycles. The quantitative estimate of drug-likeness (QED) is 0.613. The zero-order valence-corrected chi connectivity index (χ0v) is 12.2. The van der Waals surface area contributed by atoms with Gasteiger partial charge >= 0.3 is 0 Å². The van der Waals surface area contributed by atoms with Crippen molar-refractivity contribution in [3.63, 3.8) is 0 Å². The number of carbonyl (C=O) groups is 1. The van der Waals surface area contributed by atoms with Crippen LogP contribution in [0.25, 0.3) is 0 Å². The van der Waals surface area contributed by atoms with Crippen LogP contribution in [0.1, 0.15) is 23.2 Å². The number of nitrogens with one attached hydrogen (secondary N) is 1. The predicted molar refractivity (Wildman–Crippen MR) is 78.6 cm³/mol. The van der Waals surface area contributed by atoms with Crippen LogP contribution < -0.4 is 5.32 Å². The van der Waals surface area contributed by atoms with Gasteiger partial charge in [-0.1, -0.05) is 6.07 Å². The molecule has 0 aromatic heterocycles. The van der Waals surface area contributed by atoms with Crippen molar-refractivity contribution in [1.29, 1.82) is 0 Å². The highest BCUT2D eigenvalue weighted by Gasteiger charge is 2.34. The Balaban J connectivity index is 2.32. The number of methoxy groups -OCH3 is 1. The Morgan fingerprint density at radius 3 is 2.76 bits per heavy atom. The molecule has 0 radical (unpaired) electrons. The molecule has 0 spiro atoms. The van der Waals surface area contributed by atoms with E-state index in [0.29, 0.717) is 18.7 Å². The van der Waals surface area contributed by atoms with Crippen LogP contribution in [0, 0.1) is 10.1 Å². The number of rotatable bonds is 7. The van der Waals surface area contributed by atoms with Gasteiger partial charge in [0.05, 0.1) is 17.1 Å². The van der Waals surface area contributed by atoms with Gasteiger partial charge in [-0.05, 0) is 18.9 Å². The summed E-state index contributed by atoms with van der Waals surface area (Å²) < 4.78 is 5.04. The first-order valence-electron chi connectivity index (χ1n) is 6.85. The lowest BCUT2D eigenvalue weighted by Gasteiger charge is -2.23. The SMILES string of the molecule is CNc1c(C(=O)N(CCOC)C2CC2)cccc1[N+](=O)[O-]. The Labute approximate surface area is 123 Å². The van der Waals surface area contributed by atoms with Gasteiger partial charge < -0.3 is 15.0 Å². The third kappa shape index (κ3) is 3.30.